The number of hydrogen-bond donors (Lipinski definition) is 1. The second-order valence-electron chi connectivity index (χ2n) is 4.35. The van der Waals surface area contributed by atoms with E-state index in [0.717, 1.165) is 19.3 Å². The van der Waals surface area contributed by atoms with Gasteiger partial charge in [0.15, 0.2) is 0 Å². The lowest BCUT2D eigenvalue weighted by molar-refractivity contribution is -0.103. The van der Waals surface area contributed by atoms with Crippen LogP contribution in [-0.4, -0.2) is 31.0 Å². The molecule has 0 amide bonds. The number of ether oxygens (including phenoxy) is 2. The highest BCUT2D eigenvalue weighted by Crippen LogP contribution is 2.21. The van der Waals surface area contributed by atoms with Crippen molar-refractivity contribution >= 4 is 0 Å². The molecular weight excluding hydrogens is 178 g/mol. The molecule has 0 aromatic carbocycles. The molecule has 1 aliphatic rings. The maximum Gasteiger partial charge on any atom is 0.0625 e. The van der Waals surface area contributed by atoms with Gasteiger partial charge in [-0.15, -0.1) is 0 Å². The highest BCUT2D eigenvalue weighted by Gasteiger charge is 2.25. The van der Waals surface area contributed by atoms with Crippen LogP contribution in [0, 0.1) is 0 Å². The minimum Gasteiger partial charge on any atom is -0.376 e. The van der Waals surface area contributed by atoms with E-state index < -0.39 is 0 Å². The lowest BCUT2D eigenvalue weighted by atomic mass is 10.0. The second-order valence-corrected chi connectivity index (χ2v) is 4.35. The molecule has 0 radical (unpaired) electrons. The predicted molar refractivity (Wildman–Crippen MR) is 57.2 cm³/mol. The van der Waals surface area contributed by atoms with Gasteiger partial charge < -0.3 is 15.2 Å². The second kappa shape index (κ2) is 5.69. The van der Waals surface area contributed by atoms with Crippen molar-refractivity contribution in [1.82, 2.24) is 0 Å². The predicted octanol–water partition coefficient (Wildman–Crippen LogP) is 1.70. The summed E-state index contributed by atoms with van der Waals surface area (Å²) >= 11 is 0. The van der Waals surface area contributed by atoms with E-state index in [1.807, 2.05) is 0 Å². The van der Waals surface area contributed by atoms with Gasteiger partial charge in [0.2, 0.25) is 0 Å². The Morgan fingerprint density at radius 2 is 1.93 bits per heavy atom. The average Bonchev–Trinajstić information content (AvgIpc) is 2.12. The summed E-state index contributed by atoms with van der Waals surface area (Å²) in [6.07, 6.45) is 3.96. The zero-order chi connectivity index (χ0) is 10.6. The Balaban J connectivity index is 2.23. The zero-order valence-corrected chi connectivity index (χ0v) is 9.53. The zero-order valence-electron chi connectivity index (χ0n) is 9.53. The van der Waals surface area contributed by atoms with Crippen molar-refractivity contribution in [2.75, 3.05) is 6.61 Å². The highest BCUT2D eigenvalue weighted by atomic mass is 16.5. The van der Waals surface area contributed by atoms with E-state index in [1.165, 1.54) is 0 Å². The first-order chi connectivity index (χ1) is 6.61. The Kier molecular flexibility index (Phi) is 4.85. The highest BCUT2D eigenvalue weighted by molar-refractivity contribution is 4.74. The topological polar surface area (TPSA) is 44.5 Å². The van der Waals surface area contributed by atoms with Gasteiger partial charge in [0, 0.05) is 6.04 Å². The molecule has 1 rings (SSSR count). The summed E-state index contributed by atoms with van der Waals surface area (Å²) in [5.41, 5.74) is 5.80. The van der Waals surface area contributed by atoms with E-state index in [-0.39, 0.29) is 6.04 Å². The van der Waals surface area contributed by atoms with Crippen LogP contribution in [0.25, 0.3) is 0 Å². The van der Waals surface area contributed by atoms with Crippen molar-refractivity contribution in [3.63, 3.8) is 0 Å². The van der Waals surface area contributed by atoms with E-state index in [9.17, 15) is 0 Å². The SMILES string of the molecule is CCC(N)COC1CC(C)OC(C)C1. The summed E-state index contributed by atoms with van der Waals surface area (Å²) in [5.74, 6) is 0. The normalized spacial score (nSPS) is 35.6. The van der Waals surface area contributed by atoms with E-state index in [0.29, 0.717) is 24.9 Å². The van der Waals surface area contributed by atoms with Crippen LogP contribution in [0.15, 0.2) is 0 Å². The summed E-state index contributed by atoms with van der Waals surface area (Å²) in [6, 6.07) is 0.184. The van der Waals surface area contributed by atoms with Gasteiger partial charge in [0.1, 0.15) is 0 Å². The molecule has 0 spiro atoms. The summed E-state index contributed by atoms with van der Waals surface area (Å²) < 4.78 is 11.4. The smallest absolute Gasteiger partial charge is 0.0625 e. The van der Waals surface area contributed by atoms with E-state index >= 15 is 0 Å². The number of rotatable bonds is 4. The third kappa shape index (κ3) is 3.95. The average molecular weight is 201 g/mol. The summed E-state index contributed by atoms with van der Waals surface area (Å²) in [6.45, 7) is 6.97. The molecule has 0 saturated carbocycles. The molecule has 3 heteroatoms. The molecule has 84 valence electrons. The quantitative estimate of drug-likeness (QED) is 0.753. The van der Waals surface area contributed by atoms with Crippen LogP contribution in [-0.2, 0) is 9.47 Å². The number of hydrogen-bond acceptors (Lipinski definition) is 3. The van der Waals surface area contributed by atoms with Crippen LogP contribution in [0.5, 0.6) is 0 Å². The maximum absolute atomic E-state index is 5.80. The van der Waals surface area contributed by atoms with Gasteiger partial charge in [0.25, 0.3) is 0 Å². The van der Waals surface area contributed by atoms with E-state index in [2.05, 4.69) is 20.8 Å². The summed E-state index contributed by atoms with van der Waals surface area (Å²) in [4.78, 5) is 0. The molecule has 3 atom stereocenters. The van der Waals surface area contributed by atoms with Gasteiger partial charge in [-0.2, -0.15) is 0 Å². The lowest BCUT2D eigenvalue weighted by Crippen LogP contribution is -2.36. The van der Waals surface area contributed by atoms with Gasteiger partial charge >= 0.3 is 0 Å². The summed E-state index contributed by atoms with van der Waals surface area (Å²) in [7, 11) is 0. The molecule has 3 nitrogen and oxygen atoms in total. The first-order valence-electron chi connectivity index (χ1n) is 5.64. The molecule has 0 aliphatic carbocycles. The molecule has 0 aromatic heterocycles. The minimum absolute atomic E-state index is 0.184. The summed E-state index contributed by atoms with van der Waals surface area (Å²) in [5, 5.41) is 0. The minimum atomic E-state index is 0.184. The molecule has 2 N–H and O–H groups in total. The van der Waals surface area contributed by atoms with Gasteiger partial charge in [0.05, 0.1) is 24.9 Å². The molecule has 14 heavy (non-hydrogen) atoms. The van der Waals surface area contributed by atoms with Crippen LogP contribution in [0.2, 0.25) is 0 Å². The lowest BCUT2D eigenvalue weighted by Gasteiger charge is -2.32. The van der Waals surface area contributed by atoms with Crippen LogP contribution < -0.4 is 5.73 Å². The maximum atomic E-state index is 5.80. The number of nitrogens with two attached hydrogens (primary N) is 1. The monoisotopic (exact) mass is 201 g/mol. The molecule has 1 aliphatic heterocycles. The van der Waals surface area contributed by atoms with Gasteiger partial charge in [-0.3, -0.25) is 0 Å². The first kappa shape index (κ1) is 12.0. The molecular formula is C11H23NO2. The Morgan fingerprint density at radius 1 is 1.36 bits per heavy atom. The molecule has 1 saturated heterocycles. The van der Waals surface area contributed by atoms with Crippen molar-refractivity contribution in [3.05, 3.63) is 0 Å². The van der Waals surface area contributed by atoms with Crippen LogP contribution in [0.3, 0.4) is 0 Å². The molecule has 1 heterocycles. The Hall–Kier alpha value is -0.120. The Morgan fingerprint density at radius 3 is 2.43 bits per heavy atom. The fourth-order valence-corrected chi connectivity index (χ4v) is 1.86. The van der Waals surface area contributed by atoms with Gasteiger partial charge in [-0.25, -0.2) is 0 Å². The standard InChI is InChI=1S/C11H23NO2/c1-4-10(12)7-13-11-5-8(2)14-9(3)6-11/h8-11H,4-7,12H2,1-3H3. The molecule has 3 unspecified atom stereocenters. The molecule has 0 bridgehead atoms. The Bertz CT molecular complexity index is 153. The van der Waals surface area contributed by atoms with Crippen molar-refractivity contribution in [3.8, 4) is 0 Å². The van der Waals surface area contributed by atoms with Gasteiger partial charge in [-0.05, 0) is 33.1 Å². The van der Waals surface area contributed by atoms with Crippen molar-refractivity contribution < 1.29 is 9.47 Å². The van der Waals surface area contributed by atoms with Crippen LogP contribution in [0.1, 0.15) is 40.0 Å². The fourth-order valence-electron chi connectivity index (χ4n) is 1.86. The Labute approximate surface area is 86.9 Å². The molecule has 0 aromatic rings. The van der Waals surface area contributed by atoms with Crippen molar-refractivity contribution in [1.29, 1.82) is 0 Å². The van der Waals surface area contributed by atoms with E-state index in [1.54, 1.807) is 0 Å². The third-order valence-electron chi connectivity index (χ3n) is 2.72. The van der Waals surface area contributed by atoms with E-state index in [4.69, 9.17) is 15.2 Å². The largest absolute Gasteiger partial charge is 0.376 e. The van der Waals surface area contributed by atoms with Crippen LogP contribution in [0.4, 0.5) is 0 Å². The molecule has 1 fully saturated rings. The van der Waals surface area contributed by atoms with Gasteiger partial charge in [-0.1, -0.05) is 6.92 Å². The first-order valence-corrected chi connectivity index (χ1v) is 5.64. The van der Waals surface area contributed by atoms with Crippen LogP contribution >= 0.6 is 0 Å². The fraction of sp³-hybridized carbons (Fsp3) is 1.00. The van der Waals surface area contributed by atoms with Crippen molar-refractivity contribution in [2.45, 2.75) is 64.4 Å². The third-order valence-corrected chi connectivity index (χ3v) is 2.72. The van der Waals surface area contributed by atoms with Crippen molar-refractivity contribution in [2.24, 2.45) is 5.73 Å².